The summed E-state index contributed by atoms with van der Waals surface area (Å²) in [5.41, 5.74) is 0.458. The van der Waals surface area contributed by atoms with Gasteiger partial charge in [0.05, 0.1) is 5.66 Å². The second kappa shape index (κ2) is 10.9. The van der Waals surface area contributed by atoms with Gasteiger partial charge in [-0.05, 0) is 31.8 Å². The van der Waals surface area contributed by atoms with Crippen molar-refractivity contribution in [1.29, 1.82) is 0 Å². The predicted molar refractivity (Wildman–Crippen MR) is 126 cm³/mol. The van der Waals surface area contributed by atoms with Gasteiger partial charge in [-0.2, -0.15) is 0 Å². The first kappa shape index (κ1) is 22.8. The molecule has 0 aliphatic rings. The number of hydrogen-bond donors (Lipinski definition) is 0. The Morgan fingerprint density at radius 1 is 1.00 bits per heavy atom. The molecule has 0 fully saturated rings. The first-order valence-corrected chi connectivity index (χ1v) is 11.9. The molecule has 0 saturated carbocycles. The van der Waals surface area contributed by atoms with Crippen LogP contribution in [0.1, 0.15) is 33.6 Å². The quantitative estimate of drug-likeness (QED) is 0.273. The Morgan fingerprint density at radius 3 is 1.97 bits per heavy atom. The highest BCUT2D eigenvalue weighted by Gasteiger charge is 2.39. The average molecular weight is 407 g/mol. The lowest BCUT2D eigenvalue weighted by Gasteiger charge is -2.27. The van der Waals surface area contributed by atoms with Crippen LogP contribution in [-0.2, 0) is 9.36 Å². The van der Waals surface area contributed by atoms with Crippen molar-refractivity contribution in [2.75, 3.05) is 0 Å². The van der Waals surface area contributed by atoms with Crippen molar-refractivity contribution >= 4 is 23.5 Å². The van der Waals surface area contributed by atoms with Crippen LogP contribution in [0.4, 0.5) is 0 Å². The topological polar surface area (TPSA) is 34.1 Å². The zero-order chi connectivity index (χ0) is 21.3. The molecule has 0 heterocycles. The van der Waals surface area contributed by atoms with E-state index in [2.05, 4.69) is 12.7 Å². The van der Waals surface area contributed by atoms with E-state index >= 15 is 0 Å². The largest absolute Gasteiger partial charge is 0.313 e. The van der Waals surface area contributed by atoms with Crippen LogP contribution < -0.4 is 10.6 Å². The van der Waals surface area contributed by atoms with Crippen LogP contribution >= 0.6 is 7.14 Å². The van der Waals surface area contributed by atoms with Crippen molar-refractivity contribution in [2.45, 2.75) is 39.3 Å². The van der Waals surface area contributed by atoms with E-state index in [1.54, 1.807) is 12.2 Å². The summed E-state index contributed by atoms with van der Waals surface area (Å²) in [4.78, 5) is 13.3. The lowest BCUT2D eigenvalue weighted by atomic mass is 10.1. The second-order valence-corrected chi connectivity index (χ2v) is 10.6. The molecule has 0 aliphatic carbocycles. The van der Waals surface area contributed by atoms with E-state index in [1.807, 2.05) is 87.5 Å². The fourth-order valence-electron chi connectivity index (χ4n) is 3.26. The monoisotopic (exact) mass is 406 g/mol. The summed E-state index contributed by atoms with van der Waals surface area (Å²) in [5, 5.41) is 1.46. The van der Waals surface area contributed by atoms with E-state index in [4.69, 9.17) is 0 Å². The Hall–Kier alpha value is -2.44. The average Bonchev–Trinajstić information content (AvgIpc) is 2.75. The zero-order valence-electron chi connectivity index (χ0n) is 17.6. The van der Waals surface area contributed by atoms with Crippen LogP contribution in [0.2, 0.25) is 0 Å². The fraction of sp³-hybridized carbons (Fsp3) is 0.269. The minimum Gasteiger partial charge on any atom is -0.313 e. The number of hydrogen-bond acceptors (Lipinski definition) is 2. The molecule has 0 amide bonds. The van der Waals surface area contributed by atoms with Gasteiger partial charge in [0.2, 0.25) is 0 Å². The molecule has 3 heteroatoms. The molecule has 0 aliphatic heterocycles. The summed E-state index contributed by atoms with van der Waals surface area (Å²) >= 11 is 0. The SMILES string of the molecule is C=C/C(C)=C/CCC(C(=O)/C=C/C(C)C)P(=O)(c1ccccc1)c1ccccc1. The Labute approximate surface area is 175 Å². The number of ketones is 1. The van der Waals surface area contributed by atoms with Crippen LogP contribution in [0.3, 0.4) is 0 Å². The number of rotatable bonds is 10. The van der Waals surface area contributed by atoms with Crippen molar-refractivity contribution < 1.29 is 9.36 Å². The minimum absolute atomic E-state index is 0.0700. The maximum absolute atomic E-state index is 14.7. The molecule has 0 saturated heterocycles. The molecule has 0 radical (unpaired) electrons. The molecule has 29 heavy (non-hydrogen) atoms. The van der Waals surface area contributed by atoms with Gasteiger partial charge in [0.15, 0.2) is 12.9 Å². The molecule has 2 rings (SSSR count). The van der Waals surface area contributed by atoms with Gasteiger partial charge in [0.25, 0.3) is 0 Å². The van der Waals surface area contributed by atoms with Crippen LogP contribution in [0.5, 0.6) is 0 Å². The van der Waals surface area contributed by atoms with Gasteiger partial charge < -0.3 is 4.57 Å². The van der Waals surface area contributed by atoms with Gasteiger partial charge in [-0.1, -0.05) is 105 Å². The minimum atomic E-state index is -3.17. The summed E-state index contributed by atoms with van der Waals surface area (Å²) in [6, 6.07) is 18.9. The summed E-state index contributed by atoms with van der Waals surface area (Å²) in [7, 11) is -3.17. The van der Waals surface area contributed by atoms with Gasteiger partial charge in [0, 0.05) is 10.6 Å². The van der Waals surface area contributed by atoms with Crippen LogP contribution in [0.25, 0.3) is 0 Å². The van der Waals surface area contributed by atoms with Gasteiger partial charge in [-0.3, -0.25) is 4.79 Å². The number of benzene rings is 2. The van der Waals surface area contributed by atoms with Crippen molar-refractivity contribution in [3.8, 4) is 0 Å². The highest BCUT2D eigenvalue weighted by Crippen LogP contribution is 2.51. The first-order chi connectivity index (χ1) is 13.9. The Morgan fingerprint density at radius 2 is 1.52 bits per heavy atom. The maximum Gasteiger partial charge on any atom is 0.166 e. The third-order valence-electron chi connectivity index (χ3n) is 4.92. The lowest BCUT2D eigenvalue weighted by Crippen LogP contribution is -2.31. The third kappa shape index (κ3) is 6.02. The number of allylic oxidation sites excluding steroid dienone is 5. The highest BCUT2D eigenvalue weighted by molar-refractivity contribution is 7.80. The Bertz CT molecular complexity index is 865. The molecule has 0 N–H and O–H groups in total. The maximum atomic E-state index is 14.7. The summed E-state index contributed by atoms with van der Waals surface area (Å²) in [6.45, 7) is 9.83. The van der Waals surface area contributed by atoms with Gasteiger partial charge in [0.1, 0.15) is 0 Å². The van der Waals surface area contributed by atoms with Crippen LogP contribution in [-0.4, -0.2) is 11.4 Å². The smallest absolute Gasteiger partial charge is 0.166 e. The molecule has 0 aromatic heterocycles. The molecule has 0 spiro atoms. The van der Waals surface area contributed by atoms with Crippen molar-refractivity contribution in [3.63, 3.8) is 0 Å². The number of carbonyl (C=O) groups excluding carboxylic acids is 1. The van der Waals surface area contributed by atoms with Crippen molar-refractivity contribution in [3.05, 3.63) is 97.1 Å². The second-order valence-electron chi connectivity index (χ2n) is 7.58. The predicted octanol–water partition coefficient (Wildman–Crippen LogP) is 6.06. The lowest BCUT2D eigenvalue weighted by molar-refractivity contribution is -0.114. The standard InChI is InChI=1S/C26H31O2P/c1-5-22(4)13-12-18-26(25(27)20-19-21(2)3)29(28,23-14-8-6-9-15-23)24-16-10-7-11-17-24/h5-11,13-17,19-21,26H,1,12,18H2,2-4H3/b20-19+,22-13+. The molecule has 2 nitrogen and oxygen atoms in total. The summed E-state index contributed by atoms with van der Waals surface area (Å²) in [6.07, 6.45) is 8.56. The van der Waals surface area contributed by atoms with Crippen LogP contribution in [0.15, 0.2) is 97.1 Å². The van der Waals surface area contributed by atoms with Crippen LogP contribution in [0, 0.1) is 5.92 Å². The molecule has 2 aromatic rings. The zero-order valence-corrected chi connectivity index (χ0v) is 18.5. The van der Waals surface area contributed by atoms with E-state index in [9.17, 15) is 9.36 Å². The van der Waals surface area contributed by atoms with E-state index in [-0.39, 0.29) is 11.7 Å². The van der Waals surface area contributed by atoms with E-state index < -0.39 is 12.8 Å². The fourth-order valence-corrected chi connectivity index (χ4v) is 6.47. The molecule has 0 bridgehead atoms. The van der Waals surface area contributed by atoms with E-state index in [1.165, 1.54) is 0 Å². The Balaban J connectivity index is 2.58. The van der Waals surface area contributed by atoms with Gasteiger partial charge in [-0.15, -0.1) is 0 Å². The Kier molecular flexibility index (Phi) is 8.61. The van der Waals surface area contributed by atoms with Gasteiger partial charge >= 0.3 is 0 Å². The molecule has 2 aromatic carbocycles. The van der Waals surface area contributed by atoms with E-state index in [0.29, 0.717) is 12.8 Å². The third-order valence-corrected chi connectivity index (χ3v) is 8.44. The van der Waals surface area contributed by atoms with Crippen molar-refractivity contribution in [1.82, 2.24) is 0 Å². The summed E-state index contributed by atoms with van der Waals surface area (Å²) < 4.78 is 14.7. The first-order valence-electron chi connectivity index (χ1n) is 10.1. The summed E-state index contributed by atoms with van der Waals surface area (Å²) in [5.74, 6) is 0.190. The van der Waals surface area contributed by atoms with E-state index in [0.717, 1.165) is 16.2 Å². The highest BCUT2D eigenvalue weighted by atomic mass is 31.2. The normalized spacial score (nSPS) is 13.6. The molecule has 152 valence electrons. The molecular weight excluding hydrogens is 375 g/mol. The molecular formula is C26H31O2P. The molecule has 1 unspecified atom stereocenters. The van der Waals surface area contributed by atoms with Crippen molar-refractivity contribution in [2.24, 2.45) is 5.92 Å². The number of carbonyl (C=O) groups is 1. The van der Waals surface area contributed by atoms with Gasteiger partial charge in [-0.25, -0.2) is 0 Å². The molecule has 1 atom stereocenters.